The van der Waals surface area contributed by atoms with Crippen molar-refractivity contribution in [3.8, 4) is 0 Å². The fourth-order valence-electron chi connectivity index (χ4n) is 2.91. The second-order valence-corrected chi connectivity index (χ2v) is 7.68. The Hall–Kier alpha value is -2.66. The highest BCUT2D eigenvalue weighted by Gasteiger charge is 2.27. The van der Waals surface area contributed by atoms with Gasteiger partial charge in [-0.25, -0.2) is 22.7 Å². The Labute approximate surface area is 148 Å². The standard InChI is InChI=1S/C15H18N4O6S/c1-25-15(22)19-6-4-9(5-7-19)18-26(23,24)10-2-3-12-11(8-10)13(20)17-14(21)16-12/h2-3,8-9,18H,4-7H2,1H3,(H2,16,17,20,21). The lowest BCUT2D eigenvalue weighted by Crippen LogP contribution is -2.46. The van der Waals surface area contributed by atoms with Gasteiger partial charge in [0.2, 0.25) is 10.0 Å². The van der Waals surface area contributed by atoms with Crippen LogP contribution in [-0.4, -0.2) is 55.6 Å². The van der Waals surface area contributed by atoms with Crippen molar-refractivity contribution < 1.29 is 17.9 Å². The third kappa shape index (κ3) is 3.63. The van der Waals surface area contributed by atoms with Crippen molar-refractivity contribution >= 4 is 27.0 Å². The van der Waals surface area contributed by atoms with E-state index >= 15 is 0 Å². The lowest BCUT2D eigenvalue weighted by molar-refractivity contribution is 0.111. The molecular formula is C15H18N4O6S. The van der Waals surface area contributed by atoms with E-state index in [1.807, 2.05) is 0 Å². The smallest absolute Gasteiger partial charge is 0.409 e. The van der Waals surface area contributed by atoms with Gasteiger partial charge >= 0.3 is 11.8 Å². The number of hydrogen-bond donors (Lipinski definition) is 3. The monoisotopic (exact) mass is 382 g/mol. The highest BCUT2D eigenvalue weighted by molar-refractivity contribution is 7.89. The quantitative estimate of drug-likeness (QED) is 0.667. The molecule has 0 aliphatic carbocycles. The third-order valence-corrected chi connectivity index (χ3v) is 5.79. The van der Waals surface area contributed by atoms with E-state index in [9.17, 15) is 22.8 Å². The molecule has 0 bridgehead atoms. The summed E-state index contributed by atoms with van der Waals surface area (Å²) in [7, 11) is -2.55. The van der Waals surface area contributed by atoms with E-state index in [-0.39, 0.29) is 21.8 Å². The Morgan fingerprint density at radius 1 is 1.23 bits per heavy atom. The number of likely N-dealkylation sites (tertiary alicyclic amines) is 1. The Balaban J connectivity index is 1.79. The number of aromatic amines is 2. The molecule has 140 valence electrons. The molecule has 0 atom stereocenters. The predicted octanol–water partition coefficient (Wildman–Crippen LogP) is -0.274. The molecule has 0 radical (unpaired) electrons. The van der Waals surface area contributed by atoms with Gasteiger partial charge < -0.3 is 14.6 Å². The molecule has 1 saturated heterocycles. The van der Waals surface area contributed by atoms with Crippen LogP contribution >= 0.6 is 0 Å². The number of H-pyrrole nitrogens is 2. The molecule has 3 N–H and O–H groups in total. The normalized spacial score (nSPS) is 16.0. The number of sulfonamides is 1. The molecule has 10 nitrogen and oxygen atoms in total. The van der Waals surface area contributed by atoms with Crippen LogP contribution in [0.4, 0.5) is 4.79 Å². The number of carbonyl (C=O) groups is 1. The number of benzene rings is 1. The van der Waals surface area contributed by atoms with Crippen molar-refractivity contribution in [1.29, 1.82) is 0 Å². The zero-order valence-electron chi connectivity index (χ0n) is 13.9. The minimum absolute atomic E-state index is 0.0713. The van der Waals surface area contributed by atoms with Crippen molar-refractivity contribution in [3.05, 3.63) is 39.0 Å². The van der Waals surface area contributed by atoms with Gasteiger partial charge in [-0.1, -0.05) is 0 Å². The molecule has 1 fully saturated rings. The summed E-state index contributed by atoms with van der Waals surface area (Å²) in [6, 6.07) is 3.59. The number of ether oxygens (including phenoxy) is 1. The lowest BCUT2D eigenvalue weighted by atomic mass is 10.1. The van der Waals surface area contributed by atoms with Crippen molar-refractivity contribution in [1.82, 2.24) is 19.6 Å². The maximum atomic E-state index is 12.6. The van der Waals surface area contributed by atoms with Gasteiger partial charge in [0.05, 0.1) is 22.9 Å². The Morgan fingerprint density at radius 2 is 1.92 bits per heavy atom. The third-order valence-electron chi connectivity index (χ3n) is 4.27. The maximum Gasteiger partial charge on any atom is 0.409 e. The molecule has 1 amide bonds. The summed E-state index contributed by atoms with van der Waals surface area (Å²) in [5.74, 6) is 0. The average Bonchev–Trinajstić information content (AvgIpc) is 2.61. The van der Waals surface area contributed by atoms with Gasteiger partial charge in [0.25, 0.3) is 5.56 Å². The number of nitrogens with one attached hydrogen (secondary N) is 3. The largest absolute Gasteiger partial charge is 0.453 e. The van der Waals surface area contributed by atoms with Crippen molar-refractivity contribution in [2.75, 3.05) is 20.2 Å². The van der Waals surface area contributed by atoms with Gasteiger partial charge in [-0.2, -0.15) is 0 Å². The van der Waals surface area contributed by atoms with Gasteiger partial charge in [0, 0.05) is 19.1 Å². The van der Waals surface area contributed by atoms with Crippen molar-refractivity contribution in [2.24, 2.45) is 0 Å². The lowest BCUT2D eigenvalue weighted by Gasteiger charge is -2.31. The van der Waals surface area contributed by atoms with E-state index in [1.54, 1.807) is 0 Å². The van der Waals surface area contributed by atoms with Crippen molar-refractivity contribution in [2.45, 2.75) is 23.8 Å². The fourth-order valence-corrected chi connectivity index (χ4v) is 4.24. The Morgan fingerprint density at radius 3 is 2.58 bits per heavy atom. The summed E-state index contributed by atoms with van der Waals surface area (Å²) in [5.41, 5.74) is -1.06. The number of methoxy groups -OCH3 is 1. The average molecular weight is 382 g/mol. The first-order chi connectivity index (χ1) is 12.3. The van der Waals surface area contributed by atoms with Crippen LogP contribution in [0.3, 0.4) is 0 Å². The van der Waals surface area contributed by atoms with Crippen LogP contribution in [0.2, 0.25) is 0 Å². The van der Waals surface area contributed by atoms with Crippen LogP contribution in [0, 0.1) is 0 Å². The van der Waals surface area contributed by atoms with Gasteiger partial charge in [-0.05, 0) is 31.0 Å². The van der Waals surface area contributed by atoms with E-state index in [2.05, 4.69) is 19.4 Å². The minimum atomic E-state index is -3.85. The molecule has 11 heteroatoms. The number of rotatable bonds is 3. The van der Waals surface area contributed by atoms with Crippen LogP contribution in [-0.2, 0) is 14.8 Å². The zero-order valence-corrected chi connectivity index (χ0v) is 14.8. The van der Waals surface area contributed by atoms with Gasteiger partial charge in [-0.3, -0.25) is 9.78 Å². The van der Waals surface area contributed by atoms with Crippen LogP contribution in [0.15, 0.2) is 32.7 Å². The molecule has 2 aromatic rings. The van der Waals surface area contributed by atoms with Crippen molar-refractivity contribution in [3.63, 3.8) is 0 Å². The molecular weight excluding hydrogens is 364 g/mol. The maximum absolute atomic E-state index is 12.6. The fraction of sp³-hybridized carbons (Fsp3) is 0.400. The highest BCUT2D eigenvalue weighted by Crippen LogP contribution is 2.17. The van der Waals surface area contributed by atoms with Crippen LogP contribution in [0.25, 0.3) is 10.9 Å². The number of hydrogen-bond acceptors (Lipinski definition) is 6. The van der Waals surface area contributed by atoms with Crippen LogP contribution < -0.4 is 16.0 Å². The summed E-state index contributed by atoms with van der Waals surface area (Å²) < 4.78 is 32.4. The summed E-state index contributed by atoms with van der Waals surface area (Å²) >= 11 is 0. The molecule has 0 unspecified atom stereocenters. The molecule has 0 spiro atoms. The molecule has 1 aliphatic rings. The summed E-state index contributed by atoms with van der Waals surface area (Å²) in [5, 5.41) is 0.0768. The molecule has 2 heterocycles. The molecule has 1 aromatic carbocycles. The summed E-state index contributed by atoms with van der Waals surface area (Å²) in [6.07, 6.45) is 0.472. The van der Waals surface area contributed by atoms with E-state index < -0.39 is 27.4 Å². The molecule has 0 saturated carbocycles. The molecule has 1 aliphatic heterocycles. The zero-order chi connectivity index (χ0) is 18.9. The first-order valence-electron chi connectivity index (χ1n) is 7.92. The van der Waals surface area contributed by atoms with Gasteiger partial charge in [-0.15, -0.1) is 0 Å². The molecule has 3 rings (SSSR count). The highest BCUT2D eigenvalue weighted by atomic mass is 32.2. The summed E-state index contributed by atoms with van der Waals surface area (Å²) in [6.45, 7) is 0.775. The number of carbonyl (C=O) groups excluding carboxylic acids is 1. The number of amides is 1. The van der Waals surface area contributed by atoms with E-state index in [0.717, 1.165) is 0 Å². The minimum Gasteiger partial charge on any atom is -0.453 e. The topological polar surface area (TPSA) is 141 Å². The summed E-state index contributed by atoms with van der Waals surface area (Å²) in [4.78, 5) is 40.5. The Bertz CT molecular complexity index is 1050. The number of aromatic nitrogens is 2. The van der Waals surface area contributed by atoms with Crippen LogP contribution in [0.5, 0.6) is 0 Å². The van der Waals surface area contributed by atoms with Gasteiger partial charge in [0.15, 0.2) is 0 Å². The molecule has 1 aromatic heterocycles. The molecule has 26 heavy (non-hydrogen) atoms. The SMILES string of the molecule is COC(=O)N1CCC(NS(=O)(=O)c2ccc3[nH]c(=O)[nH]c(=O)c3c2)CC1. The number of fused-ring (bicyclic) bond motifs is 1. The van der Waals surface area contributed by atoms with E-state index in [4.69, 9.17) is 0 Å². The first-order valence-corrected chi connectivity index (χ1v) is 9.40. The number of nitrogens with zero attached hydrogens (tertiary/aromatic N) is 1. The Kier molecular flexibility index (Phi) is 4.83. The van der Waals surface area contributed by atoms with Crippen LogP contribution in [0.1, 0.15) is 12.8 Å². The van der Waals surface area contributed by atoms with E-state index in [0.29, 0.717) is 25.9 Å². The van der Waals surface area contributed by atoms with E-state index in [1.165, 1.54) is 30.2 Å². The second-order valence-electron chi connectivity index (χ2n) is 5.97. The second kappa shape index (κ2) is 6.92. The van der Waals surface area contributed by atoms with Gasteiger partial charge in [0.1, 0.15) is 0 Å². The predicted molar refractivity (Wildman–Crippen MR) is 92.5 cm³/mol. The number of piperidine rings is 1. The first kappa shape index (κ1) is 18.1.